The molecule has 0 aromatic heterocycles. The second-order valence-corrected chi connectivity index (χ2v) is 8.24. The number of halogens is 2. The summed E-state index contributed by atoms with van der Waals surface area (Å²) in [6.45, 7) is 5.09. The predicted octanol–water partition coefficient (Wildman–Crippen LogP) is 3.65. The number of ether oxygens (including phenoxy) is 1. The zero-order chi connectivity index (χ0) is 22.2. The van der Waals surface area contributed by atoms with Gasteiger partial charge in [-0.2, -0.15) is 0 Å². The fraction of sp³-hybridized carbons (Fsp3) is 0.364. The fourth-order valence-electron chi connectivity index (χ4n) is 3.36. The molecule has 1 atom stereocenters. The van der Waals surface area contributed by atoms with Crippen LogP contribution in [0.25, 0.3) is 0 Å². The highest BCUT2D eigenvalue weighted by Gasteiger charge is 2.21. The largest absolute Gasteiger partial charge is 0.374 e. The number of rotatable bonds is 7. The van der Waals surface area contributed by atoms with Crippen LogP contribution >= 0.6 is 23.2 Å². The summed E-state index contributed by atoms with van der Waals surface area (Å²) in [6, 6.07) is 12.7. The van der Waals surface area contributed by atoms with Crippen molar-refractivity contribution in [1.29, 1.82) is 0 Å². The van der Waals surface area contributed by atoms with E-state index in [0.29, 0.717) is 42.0 Å². The summed E-state index contributed by atoms with van der Waals surface area (Å²) in [5.74, 6) is -0.136. The minimum atomic E-state index is -0.268. The lowest BCUT2D eigenvalue weighted by Gasteiger charge is -2.33. The molecule has 3 rings (SSSR count). The van der Waals surface area contributed by atoms with Gasteiger partial charge < -0.3 is 20.7 Å². The van der Waals surface area contributed by atoms with Crippen LogP contribution in [0.2, 0.25) is 10.0 Å². The SMILES string of the molecule is CC(=O)Nc1cccc(CNC(=O)NCC2CN(Cc3ccc(Cl)c(Cl)c3)CCO2)c1. The van der Waals surface area contributed by atoms with E-state index in [1.165, 1.54) is 6.92 Å². The van der Waals surface area contributed by atoms with Crippen LogP contribution in [0.4, 0.5) is 10.5 Å². The van der Waals surface area contributed by atoms with Crippen molar-refractivity contribution in [2.24, 2.45) is 0 Å². The highest BCUT2D eigenvalue weighted by molar-refractivity contribution is 6.42. The molecule has 0 aliphatic carbocycles. The van der Waals surface area contributed by atoms with Crippen LogP contribution in [0.15, 0.2) is 42.5 Å². The van der Waals surface area contributed by atoms with Crippen molar-refractivity contribution in [3.8, 4) is 0 Å². The van der Waals surface area contributed by atoms with Crippen molar-refractivity contribution in [2.75, 3.05) is 31.6 Å². The van der Waals surface area contributed by atoms with E-state index in [1.54, 1.807) is 12.1 Å². The Morgan fingerprint density at radius 2 is 1.94 bits per heavy atom. The summed E-state index contributed by atoms with van der Waals surface area (Å²) in [5.41, 5.74) is 2.68. The highest BCUT2D eigenvalue weighted by atomic mass is 35.5. The molecular weight excluding hydrogens is 439 g/mol. The van der Waals surface area contributed by atoms with Crippen LogP contribution < -0.4 is 16.0 Å². The first-order valence-corrected chi connectivity index (χ1v) is 10.8. The maximum atomic E-state index is 12.2. The minimum absolute atomic E-state index is 0.0923. The summed E-state index contributed by atoms with van der Waals surface area (Å²) in [4.78, 5) is 25.6. The van der Waals surface area contributed by atoms with Gasteiger partial charge in [-0.25, -0.2) is 4.79 Å². The Morgan fingerprint density at radius 3 is 2.71 bits per heavy atom. The Balaban J connectivity index is 1.41. The van der Waals surface area contributed by atoms with Crippen LogP contribution in [0.5, 0.6) is 0 Å². The van der Waals surface area contributed by atoms with E-state index in [1.807, 2.05) is 30.3 Å². The Labute approximate surface area is 192 Å². The molecule has 2 aromatic carbocycles. The van der Waals surface area contributed by atoms with E-state index in [4.69, 9.17) is 27.9 Å². The van der Waals surface area contributed by atoms with Crippen molar-refractivity contribution in [2.45, 2.75) is 26.1 Å². The molecule has 1 unspecified atom stereocenters. The van der Waals surface area contributed by atoms with E-state index in [0.717, 1.165) is 24.2 Å². The second kappa shape index (κ2) is 11.3. The van der Waals surface area contributed by atoms with E-state index >= 15 is 0 Å². The van der Waals surface area contributed by atoms with Gasteiger partial charge in [0.15, 0.2) is 0 Å². The number of nitrogens with one attached hydrogen (secondary N) is 3. The standard InChI is InChI=1S/C22H26Cl2N4O3/c1-15(29)27-18-4-2-3-16(9-18)11-25-22(30)26-12-19-14-28(7-8-31-19)13-17-5-6-20(23)21(24)10-17/h2-6,9-10,19H,7-8,11-14H2,1H3,(H,27,29)(H2,25,26,30). The molecule has 1 saturated heterocycles. The molecule has 0 spiro atoms. The van der Waals surface area contributed by atoms with Crippen molar-refractivity contribution in [3.05, 3.63) is 63.6 Å². The van der Waals surface area contributed by atoms with Gasteiger partial charge in [0.05, 0.1) is 22.8 Å². The number of carbonyl (C=O) groups excluding carboxylic acids is 2. The Morgan fingerprint density at radius 1 is 1.10 bits per heavy atom. The van der Waals surface area contributed by atoms with Crippen molar-refractivity contribution in [1.82, 2.24) is 15.5 Å². The molecular formula is C22H26Cl2N4O3. The molecule has 1 heterocycles. The average Bonchev–Trinajstić information content (AvgIpc) is 2.73. The van der Waals surface area contributed by atoms with Crippen molar-refractivity contribution < 1.29 is 14.3 Å². The van der Waals surface area contributed by atoms with Gasteiger partial charge in [-0.1, -0.05) is 41.4 Å². The van der Waals surface area contributed by atoms with E-state index in [9.17, 15) is 9.59 Å². The maximum absolute atomic E-state index is 12.2. The number of morpholine rings is 1. The lowest BCUT2D eigenvalue weighted by Crippen LogP contribution is -2.48. The first-order valence-electron chi connectivity index (χ1n) is 10.0. The number of hydrogen-bond donors (Lipinski definition) is 3. The molecule has 3 amide bonds. The molecule has 0 bridgehead atoms. The summed E-state index contributed by atoms with van der Waals surface area (Å²) in [7, 11) is 0. The number of amides is 3. The smallest absolute Gasteiger partial charge is 0.315 e. The molecule has 9 heteroatoms. The van der Waals surface area contributed by atoms with E-state index in [2.05, 4.69) is 20.9 Å². The van der Waals surface area contributed by atoms with E-state index < -0.39 is 0 Å². The number of urea groups is 1. The number of anilines is 1. The lowest BCUT2D eigenvalue weighted by atomic mass is 10.2. The molecule has 7 nitrogen and oxygen atoms in total. The van der Waals surface area contributed by atoms with Gasteiger partial charge in [-0.3, -0.25) is 9.69 Å². The summed E-state index contributed by atoms with van der Waals surface area (Å²) >= 11 is 12.1. The monoisotopic (exact) mass is 464 g/mol. The molecule has 0 saturated carbocycles. The number of benzene rings is 2. The molecule has 1 aliphatic heterocycles. The van der Waals surface area contributed by atoms with Gasteiger partial charge >= 0.3 is 6.03 Å². The van der Waals surface area contributed by atoms with Gasteiger partial charge in [0.2, 0.25) is 5.91 Å². The van der Waals surface area contributed by atoms with Gasteiger partial charge in [0.25, 0.3) is 0 Å². The predicted molar refractivity (Wildman–Crippen MR) is 122 cm³/mol. The first kappa shape index (κ1) is 23.3. The van der Waals surface area contributed by atoms with Crippen LogP contribution in [0.3, 0.4) is 0 Å². The Hall–Kier alpha value is -2.32. The topological polar surface area (TPSA) is 82.7 Å². The first-order chi connectivity index (χ1) is 14.9. The molecule has 2 aromatic rings. The Bertz CT molecular complexity index is 925. The number of nitrogens with zero attached hydrogens (tertiary/aromatic N) is 1. The molecule has 1 aliphatic rings. The van der Waals surface area contributed by atoms with Crippen molar-refractivity contribution >= 4 is 40.8 Å². The van der Waals surface area contributed by atoms with Crippen LogP contribution in [-0.4, -0.2) is 49.2 Å². The average molecular weight is 465 g/mol. The zero-order valence-corrected chi connectivity index (χ0v) is 18.8. The summed E-state index contributed by atoms with van der Waals surface area (Å²) in [6.07, 6.45) is -0.0923. The number of hydrogen-bond acceptors (Lipinski definition) is 4. The normalized spacial score (nSPS) is 16.5. The van der Waals surface area contributed by atoms with Gasteiger partial charge in [-0.05, 0) is 35.4 Å². The summed E-state index contributed by atoms with van der Waals surface area (Å²) in [5, 5.41) is 9.50. The second-order valence-electron chi connectivity index (χ2n) is 7.42. The third kappa shape index (κ3) is 7.70. The molecule has 0 radical (unpaired) electrons. The van der Waals surface area contributed by atoms with Crippen LogP contribution in [-0.2, 0) is 22.6 Å². The van der Waals surface area contributed by atoms with Gasteiger partial charge in [0.1, 0.15) is 0 Å². The molecule has 1 fully saturated rings. The fourth-order valence-corrected chi connectivity index (χ4v) is 3.68. The third-order valence-corrected chi connectivity index (χ3v) is 5.54. The van der Waals surface area contributed by atoms with Crippen molar-refractivity contribution in [3.63, 3.8) is 0 Å². The summed E-state index contributed by atoms with van der Waals surface area (Å²) < 4.78 is 5.78. The Kier molecular flexibility index (Phi) is 8.54. The lowest BCUT2D eigenvalue weighted by molar-refractivity contribution is -0.114. The van der Waals surface area contributed by atoms with Crippen LogP contribution in [0.1, 0.15) is 18.1 Å². The molecule has 31 heavy (non-hydrogen) atoms. The third-order valence-electron chi connectivity index (χ3n) is 4.80. The minimum Gasteiger partial charge on any atom is -0.374 e. The van der Waals surface area contributed by atoms with E-state index in [-0.39, 0.29) is 18.0 Å². The zero-order valence-electron chi connectivity index (χ0n) is 17.3. The number of carbonyl (C=O) groups is 2. The van der Waals surface area contributed by atoms with Gasteiger partial charge in [-0.15, -0.1) is 0 Å². The van der Waals surface area contributed by atoms with Gasteiger partial charge in [0, 0.05) is 45.3 Å². The van der Waals surface area contributed by atoms with Crippen LogP contribution in [0, 0.1) is 0 Å². The quantitative estimate of drug-likeness (QED) is 0.583. The maximum Gasteiger partial charge on any atom is 0.315 e. The molecule has 166 valence electrons. The highest BCUT2D eigenvalue weighted by Crippen LogP contribution is 2.23. The molecule has 3 N–H and O–H groups in total.